The monoisotopic (exact) mass is 454 g/mol. The molecule has 2 unspecified atom stereocenters. The molecule has 3 aromatic rings. The van der Waals surface area contributed by atoms with E-state index in [4.69, 9.17) is 4.74 Å². The second-order valence-electron chi connectivity index (χ2n) is 8.15. The molecule has 32 heavy (non-hydrogen) atoms. The number of aromatic hydroxyl groups is 1. The maximum Gasteiger partial charge on any atom is 0.326 e. The summed E-state index contributed by atoms with van der Waals surface area (Å²) in [6, 6.07) is 9.65. The Morgan fingerprint density at radius 1 is 1.28 bits per heavy atom. The maximum atomic E-state index is 13.2. The fraction of sp³-hybridized carbons (Fsp3) is 0.333. The van der Waals surface area contributed by atoms with E-state index in [1.165, 1.54) is 0 Å². The number of aryl methyl sites for hydroxylation is 1. The van der Waals surface area contributed by atoms with Crippen LogP contribution in [0.1, 0.15) is 29.0 Å². The number of methoxy groups -OCH3 is 1. The summed E-state index contributed by atoms with van der Waals surface area (Å²) in [5.41, 5.74) is 3.75. The lowest BCUT2D eigenvalue weighted by Crippen LogP contribution is -2.46. The maximum absolute atomic E-state index is 13.2. The Hall–Kier alpha value is -3.13. The number of ether oxygens (including phenoxy) is 1. The number of carboxylic acid groups (broad SMARTS) is 1. The van der Waals surface area contributed by atoms with Crippen LogP contribution in [0.25, 0.3) is 10.9 Å². The number of carbonyl (C=O) groups is 2. The number of carboxylic acids is 1. The van der Waals surface area contributed by atoms with E-state index in [1.807, 2.05) is 18.2 Å². The number of nitrogens with one attached hydrogen (secondary N) is 2. The average Bonchev–Trinajstić information content (AvgIpc) is 3.37. The number of H-pyrrole nitrogens is 1. The molecule has 0 bridgehead atoms. The molecule has 0 spiro atoms. The number of aliphatic carboxylic acids is 1. The zero-order chi connectivity index (χ0) is 22.8. The van der Waals surface area contributed by atoms with Crippen LogP contribution in [0.3, 0.4) is 0 Å². The summed E-state index contributed by atoms with van der Waals surface area (Å²) in [6.07, 6.45) is 3.46. The molecule has 1 heterocycles. The van der Waals surface area contributed by atoms with Gasteiger partial charge in [0.05, 0.1) is 13.0 Å². The highest BCUT2D eigenvalue weighted by Crippen LogP contribution is 2.40. The number of amides is 1. The largest absolute Gasteiger partial charge is 0.508 e. The molecule has 0 aliphatic heterocycles. The first kappa shape index (κ1) is 22.1. The number of aromatic nitrogens is 1. The van der Waals surface area contributed by atoms with E-state index in [2.05, 4.69) is 22.9 Å². The molecule has 7 nitrogen and oxygen atoms in total. The molecule has 8 heteroatoms. The Morgan fingerprint density at radius 2 is 2.09 bits per heavy atom. The third-order valence-electron chi connectivity index (χ3n) is 6.28. The highest BCUT2D eigenvalue weighted by molar-refractivity contribution is 7.80. The Morgan fingerprint density at radius 3 is 2.81 bits per heavy atom. The first-order valence-corrected chi connectivity index (χ1v) is 11.1. The van der Waals surface area contributed by atoms with Crippen molar-refractivity contribution in [2.45, 2.75) is 31.2 Å². The smallest absolute Gasteiger partial charge is 0.326 e. The van der Waals surface area contributed by atoms with Gasteiger partial charge in [-0.2, -0.15) is 12.6 Å². The number of hydrogen-bond donors (Lipinski definition) is 5. The van der Waals surface area contributed by atoms with Crippen molar-refractivity contribution in [3.05, 3.63) is 59.3 Å². The Kier molecular flexibility index (Phi) is 6.32. The predicted octanol–water partition coefficient (Wildman–Crippen LogP) is 3.27. The van der Waals surface area contributed by atoms with E-state index in [0.717, 1.165) is 40.6 Å². The molecule has 168 valence electrons. The molecule has 0 saturated carbocycles. The predicted molar refractivity (Wildman–Crippen MR) is 125 cm³/mol. The van der Waals surface area contributed by atoms with E-state index in [-0.39, 0.29) is 24.0 Å². The van der Waals surface area contributed by atoms with Crippen molar-refractivity contribution in [3.63, 3.8) is 0 Å². The van der Waals surface area contributed by atoms with Gasteiger partial charge in [-0.1, -0.05) is 6.07 Å². The van der Waals surface area contributed by atoms with Gasteiger partial charge in [0.25, 0.3) is 0 Å². The zero-order valence-electron chi connectivity index (χ0n) is 17.7. The minimum Gasteiger partial charge on any atom is -0.508 e. The molecule has 0 radical (unpaired) electrons. The van der Waals surface area contributed by atoms with Crippen molar-refractivity contribution in [1.29, 1.82) is 0 Å². The summed E-state index contributed by atoms with van der Waals surface area (Å²) in [4.78, 5) is 28.2. The second-order valence-corrected chi connectivity index (χ2v) is 8.51. The van der Waals surface area contributed by atoms with Gasteiger partial charge in [0, 0.05) is 29.3 Å². The van der Waals surface area contributed by atoms with Gasteiger partial charge in [-0.15, -0.1) is 0 Å². The lowest BCUT2D eigenvalue weighted by Gasteiger charge is -2.24. The van der Waals surface area contributed by atoms with Gasteiger partial charge in [-0.3, -0.25) is 4.79 Å². The molecular weight excluding hydrogens is 428 g/mol. The minimum absolute atomic E-state index is 0.0205. The number of benzene rings is 2. The lowest BCUT2D eigenvalue weighted by atomic mass is 9.87. The van der Waals surface area contributed by atoms with Crippen LogP contribution in [0, 0.1) is 5.92 Å². The fourth-order valence-corrected chi connectivity index (χ4v) is 5.02. The molecular formula is C24H26N2O5S. The lowest BCUT2D eigenvalue weighted by molar-refractivity contribution is -0.142. The van der Waals surface area contributed by atoms with Gasteiger partial charge in [0.2, 0.25) is 5.91 Å². The van der Waals surface area contributed by atoms with Gasteiger partial charge in [-0.05, 0) is 65.8 Å². The molecule has 1 aliphatic carbocycles. The summed E-state index contributed by atoms with van der Waals surface area (Å²) < 4.78 is 5.30. The summed E-state index contributed by atoms with van der Waals surface area (Å²) in [6.45, 7) is 0. The number of rotatable bonds is 8. The van der Waals surface area contributed by atoms with Crippen LogP contribution >= 0.6 is 12.6 Å². The minimum atomic E-state index is -1.11. The first-order valence-electron chi connectivity index (χ1n) is 10.5. The number of hydrogen-bond acceptors (Lipinski definition) is 5. The fourth-order valence-electron chi connectivity index (χ4n) is 4.60. The Bertz CT molecular complexity index is 1160. The number of phenolic OH excluding ortho intramolecular Hbond substituents is 1. The van der Waals surface area contributed by atoms with Crippen LogP contribution in [-0.2, 0) is 22.4 Å². The summed E-state index contributed by atoms with van der Waals surface area (Å²) >= 11 is 4.42. The van der Waals surface area contributed by atoms with Crippen molar-refractivity contribution in [1.82, 2.24) is 10.3 Å². The van der Waals surface area contributed by atoms with Crippen LogP contribution in [0.5, 0.6) is 11.5 Å². The quantitative estimate of drug-likeness (QED) is 0.336. The highest BCUT2D eigenvalue weighted by atomic mass is 32.1. The van der Waals surface area contributed by atoms with Crippen LogP contribution < -0.4 is 10.1 Å². The standard InChI is InChI=1S/C24H26N2O5S/c1-31-16-4-6-17-13(8-16)2-5-18(17)20(12-32)23(28)26-22(24(29)30)9-14-11-25-21-7-3-15(27)10-19(14)21/h3-4,6-8,10-11,18,20,22,25,27,32H,2,5,9,12H2,1H3,(H,26,28)(H,29,30)/t18?,20?,22-/m0/s1. The summed E-state index contributed by atoms with van der Waals surface area (Å²) in [7, 11) is 1.62. The second kappa shape index (κ2) is 9.16. The van der Waals surface area contributed by atoms with Gasteiger partial charge < -0.3 is 25.3 Å². The molecule has 1 amide bonds. The molecule has 4 rings (SSSR count). The topological polar surface area (TPSA) is 112 Å². The molecule has 1 aromatic heterocycles. The Labute approximate surface area is 191 Å². The molecule has 1 aliphatic rings. The third-order valence-corrected chi connectivity index (χ3v) is 6.68. The normalized spacial score (nSPS) is 17.0. The molecule has 3 atom stereocenters. The van der Waals surface area contributed by atoms with Crippen LogP contribution in [0.15, 0.2) is 42.6 Å². The van der Waals surface area contributed by atoms with Crippen molar-refractivity contribution >= 4 is 35.4 Å². The average molecular weight is 455 g/mol. The Balaban J connectivity index is 1.52. The van der Waals surface area contributed by atoms with Crippen LogP contribution in [-0.4, -0.2) is 46.0 Å². The van der Waals surface area contributed by atoms with Crippen molar-refractivity contribution in [2.24, 2.45) is 5.92 Å². The first-order chi connectivity index (χ1) is 15.4. The van der Waals surface area contributed by atoms with E-state index in [1.54, 1.807) is 31.5 Å². The number of aromatic amines is 1. The third kappa shape index (κ3) is 4.27. The molecule has 2 aromatic carbocycles. The van der Waals surface area contributed by atoms with Crippen molar-refractivity contribution in [2.75, 3.05) is 12.9 Å². The number of phenols is 1. The van der Waals surface area contributed by atoms with E-state index >= 15 is 0 Å². The van der Waals surface area contributed by atoms with E-state index in [9.17, 15) is 19.8 Å². The van der Waals surface area contributed by atoms with Crippen LogP contribution in [0.4, 0.5) is 0 Å². The van der Waals surface area contributed by atoms with Gasteiger partial charge >= 0.3 is 5.97 Å². The number of fused-ring (bicyclic) bond motifs is 2. The van der Waals surface area contributed by atoms with Crippen molar-refractivity contribution < 1.29 is 24.5 Å². The molecule has 4 N–H and O–H groups in total. The van der Waals surface area contributed by atoms with E-state index in [0.29, 0.717) is 11.3 Å². The zero-order valence-corrected chi connectivity index (χ0v) is 18.6. The van der Waals surface area contributed by atoms with Crippen LogP contribution in [0.2, 0.25) is 0 Å². The van der Waals surface area contributed by atoms with Gasteiger partial charge in [0.15, 0.2) is 0 Å². The summed E-state index contributed by atoms with van der Waals surface area (Å²) in [5.74, 6) is -0.691. The molecule has 0 fully saturated rings. The van der Waals surface area contributed by atoms with Crippen molar-refractivity contribution in [3.8, 4) is 11.5 Å². The molecule has 0 saturated heterocycles. The van der Waals surface area contributed by atoms with E-state index < -0.39 is 17.9 Å². The number of carbonyl (C=O) groups excluding carboxylic acids is 1. The van der Waals surface area contributed by atoms with Gasteiger partial charge in [0.1, 0.15) is 17.5 Å². The SMILES string of the molecule is COc1ccc2c(c1)CCC2C(CS)C(=O)N[C@@H](Cc1c[nH]c2ccc(O)cc12)C(=O)O. The van der Waals surface area contributed by atoms with Gasteiger partial charge in [-0.25, -0.2) is 4.79 Å². The highest BCUT2D eigenvalue weighted by Gasteiger charge is 2.35. The summed E-state index contributed by atoms with van der Waals surface area (Å²) in [5, 5.41) is 23.0. The number of thiol groups is 1.